The number of nitrogens with zero attached hydrogens (tertiary/aromatic N) is 2. The topological polar surface area (TPSA) is 115 Å². The molecule has 3 amide bonds. The van der Waals surface area contributed by atoms with E-state index in [-0.39, 0.29) is 18.0 Å². The van der Waals surface area contributed by atoms with E-state index in [1.54, 1.807) is 9.91 Å². The van der Waals surface area contributed by atoms with Crippen molar-refractivity contribution in [3.05, 3.63) is 23.7 Å². The molecule has 6 rings (SSSR count). The number of nitrogens with one attached hydrogen (secondary N) is 3. The van der Waals surface area contributed by atoms with Gasteiger partial charge in [-0.3, -0.25) is 9.80 Å². The Balaban J connectivity index is 1.26. The lowest BCUT2D eigenvalue weighted by molar-refractivity contribution is -0.145. The molecular formula is C28H45N5O5. The van der Waals surface area contributed by atoms with Gasteiger partial charge in [0.1, 0.15) is 0 Å². The van der Waals surface area contributed by atoms with E-state index in [1.165, 1.54) is 0 Å². The summed E-state index contributed by atoms with van der Waals surface area (Å²) in [5.41, 5.74) is 2.70. The molecule has 0 aromatic carbocycles. The number of ether oxygens (including phenoxy) is 2. The maximum atomic E-state index is 13.6. The summed E-state index contributed by atoms with van der Waals surface area (Å²) in [6.45, 7) is 11.1. The number of hydrazine groups is 1. The van der Waals surface area contributed by atoms with Gasteiger partial charge in [-0.2, -0.15) is 0 Å². The minimum Gasteiger partial charge on any atom is -0.477 e. The maximum absolute atomic E-state index is 13.6. The first-order valence-corrected chi connectivity index (χ1v) is 14.3. The maximum Gasteiger partial charge on any atom is 0.318 e. The van der Waals surface area contributed by atoms with E-state index in [0.717, 1.165) is 32.1 Å². The van der Waals surface area contributed by atoms with Crippen LogP contribution in [0.15, 0.2) is 23.7 Å². The summed E-state index contributed by atoms with van der Waals surface area (Å²) in [7, 11) is 0. The molecule has 212 valence electrons. The number of hydrogen-bond donors (Lipinski definition) is 4. The highest BCUT2D eigenvalue weighted by molar-refractivity contribution is 5.95. The van der Waals surface area contributed by atoms with Gasteiger partial charge in [0.2, 0.25) is 5.88 Å². The van der Waals surface area contributed by atoms with Crippen molar-refractivity contribution in [1.82, 2.24) is 26.0 Å². The van der Waals surface area contributed by atoms with Gasteiger partial charge < -0.3 is 30.1 Å². The minimum absolute atomic E-state index is 0.100. The zero-order chi connectivity index (χ0) is 27.1. The van der Waals surface area contributed by atoms with Crippen LogP contribution in [0.3, 0.4) is 0 Å². The van der Waals surface area contributed by atoms with Crippen molar-refractivity contribution in [3.8, 4) is 0 Å². The summed E-state index contributed by atoms with van der Waals surface area (Å²) in [5.74, 6) is 1.99. The van der Waals surface area contributed by atoms with E-state index in [0.29, 0.717) is 74.6 Å². The average molecular weight is 532 g/mol. The van der Waals surface area contributed by atoms with Crippen LogP contribution in [0.2, 0.25) is 0 Å². The Morgan fingerprint density at radius 1 is 1.21 bits per heavy atom. The molecule has 10 heteroatoms. The van der Waals surface area contributed by atoms with Crippen molar-refractivity contribution in [2.75, 3.05) is 39.5 Å². The van der Waals surface area contributed by atoms with Gasteiger partial charge in [0.25, 0.3) is 5.91 Å². The van der Waals surface area contributed by atoms with Gasteiger partial charge in [-0.25, -0.2) is 10.2 Å². The average Bonchev–Trinajstić information content (AvgIpc) is 3.26. The summed E-state index contributed by atoms with van der Waals surface area (Å²) >= 11 is 0. The number of morpholine rings is 1. The number of carbonyl (C=O) groups excluding carboxylic acids is 2. The molecule has 38 heavy (non-hydrogen) atoms. The quantitative estimate of drug-likeness (QED) is 0.379. The molecule has 4 N–H and O–H groups in total. The molecule has 4 saturated carbocycles. The number of urea groups is 1. The molecule has 0 spiro atoms. The second-order valence-corrected chi connectivity index (χ2v) is 13.0. The lowest BCUT2D eigenvalue weighted by Gasteiger charge is -2.58. The van der Waals surface area contributed by atoms with Gasteiger partial charge >= 0.3 is 6.03 Å². The molecule has 2 aliphatic heterocycles. The zero-order valence-electron chi connectivity index (χ0n) is 23.3. The van der Waals surface area contributed by atoms with Gasteiger partial charge in [0.15, 0.2) is 0 Å². The van der Waals surface area contributed by atoms with E-state index in [2.05, 4.69) is 29.9 Å². The van der Waals surface area contributed by atoms with Crippen molar-refractivity contribution >= 4 is 11.9 Å². The van der Waals surface area contributed by atoms with Crippen LogP contribution in [0.5, 0.6) is 0 Å². The Morgan fingerprint density at radius 3 is 2.53 bits per heavy atom. The first kappa shape index (κ1) is 27.3. The zero-order valence-corrected chi connectivity index (χ0v) is 23.3. The van der Waals surface area contributed by atoms with E-state index in [4.69, 9.17) is 9.47 Å². The van der Waals surface area contributed by atoms with Gasteiger partial charge in [-0.05, 0) is 75.7 Å². The molecule has 1 saturated heterocycles. The van der Waals surface area contributed by atoms with Crippen molar-refractivity contribution in [2.24, 2.45) is 23.7 Å². The molecule has 0 aromatic heterocycles. The number of hydrogen-bond acceptors (Lipinski definition) is 7. The molecular weight excluding hydrogens is 486 g/mol. The van der Waals surface area contributed by atoms with Crippen LogP contribution < -0.4 is 16.1 Å². The van der Waals surface area contributed by atoms with E-state index in [9.17, 15) is 14.7 Å². The summed E-state index contributed by atoms with van der Waals surface area (Å²) in [4.78, 5) is 28.0. The predicted molar refractivity (Wildman–Crippen MR) is 142 cm³/mol. The summed E-state index contributed by atoms with van der Waals surface area (Å²) in [5, 5.41) is 19.1. The molecule has 0 radical (unpaired) electrons. The number of rotatable bonds is 8. The molecule has 2 heterocycles. The predicted octanol–water partition coefficient (Wildman–Crippen LogP) is 2.08. The second-order valence-electron chi connectivity index (χ2n) is 13.0. The first-order valence-electron chi connectivity index (χ1n) is 14.3. The monoisotopic (exact) mass is 531 g/mol. The van der Waals surface area contributed by atoms with Crippen LogP contribution in [-0.4, -0.2) is 83.6 Å². The molecule has 4 bridgehead atoms. The van der Waals surface area contributed by atoms with Crippen molar-refractivity contribution in [2.45, 2.75) is 77.0 Å². The Kier molecular flexibility index (Phi) is 7.68. The van der Waals surface area contributed by atoms with Crippen LogP contribution in [0.4, 0.5) is 4.79 Å². The highest BCUT2D eigenvalue weighted by Gasteiger charge is 2.55. The normalized spacial score (nSPS) is 33.0. The second kappa shape index (κ2) is 10.7. The summed E-state index contributed by atoms with van der Waals surface area (Å²) in [6, 6.07) is -0.0124. The van der Waals surface area contributed by atoms with Crippen molar-refractivity contribution < 1.29 is 24.2 Å². The van der Waals surface area contributed by atoms with Crippen LogP contribution >= 0.6 is 0 Å². The van der Waals surface area contributed by atoms with Crippen LogP contribution in [0, 0.1) is 23.7 Å². The third-order valence-electron chi connectivity index (χ3n) is 8.64. The molecule has 6 aliphatic rings. The smallest absolute Gasteiger partial charge is 0.318 e. The third-order valence-corrected chi connectivity index (χ3v) is 8.64. The Labute approximate surface area is 226 Å². The van der Waals surface area contributed by atoms with Crippen molar-refractivity contribution in [1.29, 1.82) is 0 Å². The Morgan fingerprint density at radius 2 is 1.89 bits per heavy atom. The molecule has 2 unspecified atom stereocenters. The largest absolute Gasteiger partial charge is 0.477 e. The molecule has 5 fully saturated rings. The molecule has 2 atom stereocenters. The van der Waals surface area contributed by atoms with Gasteiger partial charge in [0.05, 0.1) is 43.1 Å². The fourth-order valence-electron chi connectivity index (χ4n) is 7.04. The lowest BCUT2D eigenvalue weighted by Crippen LogP contribution is -2.61. The van der Waals surface area contributed by atoms with Crippen molar-refractivity contribution in [3.63, 3.8) is 0 Å². The van der Waals surface area contributed by atoms with E-state index in [1.807, 2.05) is 26.1 Å². The first-order chi connectivity index (χ1) is 18.0. The Bertz CT molecular complexity index is 957. The van der Waals surface area contributed by atoms with Crippen LogP contribution in [0.25, 0.3) is 0 Å². The fourth-order valence-corrected chi connectivity index (χ4v) is 7.04. The molecule has 4 aliphatic carbocycles. The third kappa shape index (κ3) is 5.97. The van der Waals surface area contributed by atoms with Crippen LogP contribution in [-0.2, 0) is 14.3 Å². The van der Waals surface area contributed by atoms with Crippen LogP contribution in [0.1, 0.15) is 59.8 Å². The van der Waals surface area contributed by atoms with Gasteiger partial charge in [0, 0.05) is 25.3 Å². The molecule has 10 nitrogen and oxygen atoms in total. The van der Waals surface area contributed by atoms with Gasteiger partial charge in [-0.1, -0.05) is 13.8 Å². The minimum atomic E-state index is -0.619. The number of amides is 3. The highest BCUT2D eigenvalue weighted by Crippen LogP contribution is 2.55. The van der Waals surface area contributed by atoms with Gasteiger partial charge in [-0.15, -0.1) is 0 Å². The number of carbonyl (C=O) groups is 2. The van der Waals surface area contributed by atoms with E-state index < -0.39 is 11.1 Å². The Hall–Kier alpha value is -2.30. The molecule has 0 aromatic rings. The van der Waals surface area contributed by atoms with E-state index >= 15 is 0 Å². The fraction of sp³-hybridized carbons (Fsp3) is 0.786. The number of aliphatic hydroxyl groups is 1. The summed E-state index contributed by atoms with van der Waals surface area (Å²) in [6.07, 6.45) is 8.42. The lowest BCUT2D eigenvalue weighted by atomic mass is 9.52. The summed E-state index contributed by atoms with van der Waals surface area (Å²) < 4.78 is 11.5. The highest BCUT2D eigenvalue weighted by atomic mass is 16.5. The SMILES string of the molecule is CC(C)COC1=C(C(=O)NC2C3CC4CC2CC(O)(C4)C3)CNN1/C=C/C(C)(C)NC(=O)N1CCOCC1. The standard InChI is InChI=1S/C28H45N5O5/c1-18(2)17-38-25-22(24(34)30-23-20-11-19-12-21(23)15-28(36,13-19)14-20)16-29-33(25)6-5-27(3,4)31-26(35)32-7-9-37-10-8-32/h5-6,18-21,23,29,36H,7-17H2,1-4H3,(H,30,34)(H,31,35)/b6-5+.